The third-order valence-corrected chi connectivity index (χ3v) is 4.02. The van der Waals surface area contributed by atoms with Crippen molar-refractivity contribution in [3.63, 3.8) is 0 Å². The fourth-order valence-corrected chi connectivity index (χ4v) is 2.60. The molecule has 0 amide bonds. The second-order valence-electron chi connectivity index (χ2n) is 6.16. The SMILES string of the molecule is Cc1ccc(Sc2ccc(CNC(C)(C)C)cc2)cc1. The Hall–Kier alpha value is -1.25. The summed E-state index contributed by atoms with van der Waals surface area (Å²) < 4.78 is 0. The van der Waals surface area contributed by atoms with Crippen molar-refractivity contribution in [2.45, 2.75) is 49.6 Å². The lowest BCUT2D eigenvalue weighted by Crippen LogP contribution is -2.35. The van der Waals surface area contributed by atoms with Crippen molar-refractivity contribution < 1.29 is 0 Å². The Morgan fingerprint density at radius 3 is 1.85 bits per heavy atom. The van der Waals surface area contributed by atoms with E-state index in [9.17, 15) is 0 Å². The Kier molecular flexibility index (Phi) is 4.90. The highest BCUT2D eigenvalue weighted by atomic mass is 32.2. The second-order valence-corrected chi connectivity index (χ2v) is 7.31. The minimum absolute atomic E-state index is 0.162. The minimum atomic E-state index is 0.162. The van der Waals surface area contributed by atoms with Crippen LogP contribution in [0.1, 0.15) is 31.9 Å². The highest BCUT2D eigenvalue weighted by molar-refractivity contribution is 7.99. The van der Waals surface area contributed by atoms with Gasteiger partial charge in [-0.3, -0.25) is 0 Å². The Balaban J connectivity index is 1.96. The molecule has 106 valence electrons. The molecule has 2 rings (SSSR count). The van der Waals surface area contributed by atoms with E-state index in [1.807, 2.05) is 11.8 Å². The molecule has 0 aliphatic carbocycles. The maximum atomic E-state index is 3.51. The summed E-state index contributed by atoms with van der Waals surface area (Å²) in [5.74, 6) is 0. The summed E-state index contributed by atoms with van der Waals surface area (Å²) in [7, 11) is 0. The molecule has 2 aromatic carbocycles. The van der Waals surface area contributed by atoms with E-state index in [0.717, 1.165) is 6.54 Å². The maximum absolute atomic E-state index is 3.51. The molecule has 0 saturated heterocycles. The van der Waals surface area contributed by atoms with Crippen molar-refractivity contribution in [2.24, 2.45) is 0 Å². The zero-order valence-electron chi connectivity index (χ0n) is 12.7. The summed E-state index contributed by atoms with van der Waals surface area (Å²) in [4.78, 5) is 2.57. The van der Waals surface area contributed by atoms with Gasteiger partial charge in [-0.15, -0.1) is 0 Å². The van der Waals surface area contributed by atoms with Gasteiger partial charge in [0.2, 0.25) is 0 Å². The molecule has 0 unspecified atom stereocenters. The monoisotopic (exact) mass is 285 g/mol. The molecule has 0 bridgehead atoms. The molecule has 0 aliphatic heterocycles. The molecule has 0 radical (unpaired) electrons. The molecule has 0 heterocycles. The van der Waals surface area contributed by atoms with Crippen molar-refractivity contribution in [1.29, 1.82) is 0 Å². The molecule has 0 atom stereocenters. The standard InChI is InChI=1S/C18H23NS/c1-14-5-9-16(10-6-14)20-17-11-7-15(8-12-17)13-19-18(2,3)4/h5-12,19H,13H2,1-4H3. The van der Waals surface area contributed by atoms with Crippen LogP contribution < -0.4 is 5.32 Å². The quantitative estimate of drug-likeness (QED) is 0.845. The van der Waals surface area contributed by atoms with Crippen molar-refractivity contribution in [1.82, 2.24) is 5.32 Å². The van der Waals surface area contributed by atoms with Gasteiger partial charge in [-0.2, -0.15) is 0 Å². The van der Waals surface area contributed by atoms with Gasteiger partial charge in [0, 0.05) is 21.9 Å². The number of aryl methyl sites for hydroxylation is 1. The van der Waals surface area contributed by atoms with E-state index in [0.29, 0.717) is 0 Å². The van der Waals surface area contributed by atoms with Crippen LogP contribution in [0.2, 0.25) is 0 Å². The van der Waals surface area contributed by atoms with Crippen molar-refractivity contribution in [3.05, 3.63) is 59.7 Å². The van der Waals surface area contributed by atoms with Crippen LogP contribution in [0.25, 0.3) is 0 Å². The summed E-state index contributed by atoms with van der Waals surface area (Å²) in [6.07, 6.45) is 0. The molecule has 20 heavy (non-hydrogen) atoms. The number of rotatable bonds is 4. The van der Waals surface area contributed by atoms with Crippen LogP contribution in [0.3, 0.4) is 0 Å². The third-order valence-electron chi connectivity index (χ3n) is 3.00. The lowest BCUT2D eigenvalue weighted by atomic mass is 10.1. The fraction of sp³-hybridized carbons (Fsp3) is 0.333. The first-order valence-electron chi connectivity index (χ1n) is 7.01. The van der Waals surface area contributed by atoms with Gasteiger partial charge >= 0.3 is 0 Å². The number of hydrogen-bond donors (Lipinski definition) is 1. The van der Waals surface area contributed by atoms with E-state index >= 15 is 0 Å². The molecular weight excluding hydrogens is 262 g/mol. The van der Waals surface area contributed by atoms with Crippen LogP contribution in [-0.4, -0.2) is 5.54 Å². The van der Waals surface area contributed by atoms with Crippen LogP contribution in [0.5, 0.6) is 0 Å². The first kappa shape index (κ1) is 15.1. The summed E-state index contributed by atoms with van der Waals surface area (Å²) in [6, 6.07) is 17.5. The van der Waals surface area contributed by atoms with E-state index in [1.165, 1.54) is 20.9 Å². The van der Waals surface area contributed by atoms with E-state index in [-0.39, 0.29) is 5.54 Å². The number of hydrogen-bond acceptors (Lipinski definition) is 2. The molecule has 2 aromatic rings. The smallest absolute Gasteiger partial charge is 0.0210 e. The Bertz CT molecular complexity index is 535. The Labute approximate surface area is 126 Å². The molecule has 2 heteroatoms. The van der Waals surface area contributed by atoms with Crippen LogP contribution >= 0.6 is 11.8 Å². The Morgan fingerprint density at radius 1 is 0.850 bits per heavy atom. The van der Waals surface area contributed by atoms with Gasteiger partial charge in [0.15, 0.2) is 0 Å². The molecular formula is C18H23NS. The molecule has 0 aromatic heterocycles. The van der Waals surface area contributed by atoms with E-state index < -0.39 is 0 Å². The summed E-state index contributed by atoms with van der Waals surface area (Å²) in [6.45, 7) is 9.60. The van der Waals surface area contributed by atoms with Crippen LogP contribution in [-0.2, 0) is 6.54 Å². The molecule has 1 nitrogen and oxygen atoms in total. The van der Waals surface area contributed by atoms with Gasteiger partial charge < -0.3 is 5.32 Å². The average Bonchev–Trinajstić information content (AvgIpc) is 2.40. The van der Waals surface area contributed by atoms with Gasteiger partial charge in [0.25, 0.3) is 0 Å². The predicted octanol–water partition coefficient (Wildman–Crippen LogP) is 5.03. The van der Waals surface area contributed by atoms with Crippen molar-refractivity contribution in [2.75, 3.05) is 0 Å². The highest BCUT2D eigenvalue weighted by Gasteiger charge is 2.08. The number of nitrogens with one attached hydrogen (secondary N) is 1. The average molecular weight is 285 g/mol. The molecule has 0 fully saturated rings. The lowest BCUT2D eigenvalue weighted by Gasteiger charge is -2.20. The summed E-state index contributed by atoms with van der Waals surface area (Å²) in [5.41, 5.74) is 2.79. The van der Waals surface area contributed by atoms with Gasteiger partial charge in [-0.25, -0.2) is 0 Å². The summed E-state index contributed by atoms with van der Waals surface area (Å²) in [5, 5.41) is 3.51. The van der Waals surface area contributed by atoms with Gasteiger partial charge in [0.05, 0.1) is 0 Å². The molecule has 0 saturated carbocycles. The van der Waals surface area contributed by atoms with E-state index in [4.69, 9.17) is 0 Å². The van der Waals surface area contributed by atoms with Crippen LogP contribution in [0.4, 0.5) is 0 Å². The summed E-state index contributed by atoms with van der Waals surface area (Å²) >= 11 is 1.81. The van der Waals surface area contributed by atoms with Gasteiger partial charge in [0.1, 0.15) is 0 Å². The van der Waals surface area contributed by atoms with Crippen LogP contribution in [0.15, 0.2) is 58.3 Å². The largest absolute Gasteiger partial charge is 0.308 e. The first-order chi connectivity index (χ1) is 9.42. The van der Waals surface area contributed by atoms with Crippen molar-refractivity contribution >= 4 is 11.8 Å². The Morgan fingerprint density at radius 2 is 1.35 bits per heavy atom. The maximum Gasteiger partial charge on any atom is 0.0210 e. The van der Waals surface area contributed by atoms with Crippen LogP contribution in [0, 0.1) is 6.92 Å². The highest BCUT2D eigenvalue weighted by Crippen LogP contribution is 2.27. The zero-order valence-corrected chi connectivity index (χ0v) is 13.6. The van der Waals surface area contributed by atoms with Gasteiger partial charge in [-0.05, 0) is 57.5 Å². The van der Waals surface area contributed by atoms with E-state index in [2.05, 4.69) is 81.5 Å². The predicted molar refractivity (Wildman–Crippen MR) is 88.3 cm³/mol. The first-order valence-corrected chi connectivity index (χ1v) is 7.82. The normalized spacial score (nSPS) is 11.6. The molecule has 0 spiro atoms. The minimum Gasteiger partial charge on any atom is -0.308 e. The van der Waals surface area contributed by atoms with Crippen molar-refractivity contribution in [3.8, 4) is 0 Å². The lowest BCUT2D eigenvalue weighted by molar-refractivity contribution is 0.424. The molecule has 1 N–H and O–H groups in total. The van der Waals surface area contributed by atoms with E-state index in [1.54, 1.807) is 0 Å². The zero-order chi connectivity index (χ0) is 14.6. The third kappa shape index (κ3) is 5.03. The van der Waals surface area contributed by atoms with Gasteiger partial charge in [-0.1, -0.05) is 41.6 Å². The number of benzene rings is 2. The fourth-order valence-electron chi connectivity index (χ4n) is 1.78. The topological polar surface area (TPSA) is 12.0 Å². The molecule has 0 aliphatic rings. The second kappa shape index (κ2) is 6.47.